The fourth-order valence-corrected chi connectivity index (χ4v) is 7.97. The summed E-state index contributed by atoms with van der Waals surface area (Å²) in [4.78, 5) is 13.2. The molecule has 1 fully saturated rings. The summed E-state index contributed by atoms with van der Waals surface area (Å²) in [5.74, 6) is -0.265. The number of hydrogen-bond acceptors (Lipinski definition) is 5. The number of nitriles is 1. The van der Waals surface area contributed by atoms with Gasteiger partial charge >= 0.3 is 6.18 Å². The second-order valence-electron chi connectivity index (χ2n) is 13.6. The molecule has 7 nitrogen and oxygen atoms in total. The smallest absolute Gasteiger partial charge is 0.417 e. The molecule has 0 spiro atoms. The van der Waals surface area contributed by atoms with Gasteiger partial charge in [0, 0.05) is 22.4 Å². The highest BCUT2D eigenvalue weighted by molar-refractivity contribution is 7.86. The molecule has 11 heteroatoms. The van der Waals surface area contributed by atoms with Crippen LogP contribution in [0.25, 0.3) is 0 Å². The molecule has 0 heterocycles. The molecule has 0 radical (unpaired) electrons. The fraction of sp³-hybridized carbons (Fsp3) is 0.444. The van der Waals surface area contributed by atoms with Gasteiger partial charge in [-0.3, -0.25) is 9.35 Å². The minimum Gasteiger partial charge on any atom is -0.489 e. The van der Waals surface area contributed by atoms with E-state index >= 15 is 0 Å². The summed E-state index contributed by atoms with van der Waals surface area (Å²) in [6, 6.07) is 18.9. The maximum atomic E-state index is 13.5. The maximum absolute atomic E-state index is 13.5. The summed E-state index contributed by atoms with van der Waals surface area (Å²) < 4.78 is 80.2. The Morgan fingerprint density at radius 2 is 1.60 bits per heavy atom. The largest absolute Gasteiger partial charge is 0.489 e. The van der Waals surface area contributed by atoms with Gasteiger partial charge in [-0.25, -0.2) is 0 Å². The number of nitrogens with zero attached hydrogens (tertiary/aromatic N) is 1. The van der Waals surface area contributed by atoms with Crippen molar-refractivity contribution in [3.63, 3.8) is 0 Å². The molecule has 0 bridgehead atoms. The Labute approximate surface area is 274 Å². The minimum absolute atomic E-state index is 0.00681. The highest BCUT2D eigenvalue weighted by Crippen LogP contribution is 2.55. The van der Waals surface area contributed by atoms with Crippen molar-refractivity contribution in [2.45, 2.75) is 90.3 Å². The van der Waals surface area contributed by atoms with E-state index in [0.717, 1.165) is 42.5 Å². The third kappa shape index (κ3) is 8.17. The number of hydrogen-bond donors (Lipinski definition) is 2. The maximum Gasteiger partial charge on any atom is 0.417 e. The first-order valence-corrected chi connectivity index (χ1v) is 17.1. The highest BCUT2D eigenvalue weighted by atomic mass is 32.2. The molecular formula is C36H41F3N2O5S. The van der Waals surface area contributed by atoms with Crippen molar-refractivity contribution < 1.29 is 35.7 Å². The summed E-state index contributed by atoms with van der Waals surface area (Å²) in [7, 11) is -4.22. The molecule has 3 aromatic rings. The molecule has 1 atom stereocenters. The molecule has 4 rings (SSSR count). The first-order chi connectivity index (χ1) is 21.9. The van der Waals surface area contributed by atoms with E-state index in [2.05, 4.69) is 5.32 Å². The Morgan fingerprint density at radius 3 is 2.15 bits per heavy atom. The first kappa shape index (κ1) is 36.0. The molecule has 0 saturated heterocycles. The normalized spacial score (nSPS) is 19.2. The summed E-state index contributed by atoms with van der Waals surface area (Å²) in [5.41, 5.74) is 0.342. The van der Waals surface area contributed by atoms with Crippen LogP contribution in [0.3, 0.4) is 0 Å². The number of carbonyl (C=O) groups is 1. The van der Waals surface area contributed by atoms with Crippen LogP contribution in [0.4, 0.5) is 13.2 Å². The van der Waals surface area contributed by atoms with Crippen LogP contribution in [0.15, 0.2) is 66.7 Å². The van der Waals surface area contributed by atoms with Gasteiger partial charge < -0.3 is 10.1 Å². The van der Waals surface area contributed by atoms with Gasteiger partial charge in [-0.15, -0.1) is 0 Å². The summed E-state index contributed by atoms with van der Waals surface area (Å²) >= 11 is 0. The number of benzene rings is 3. The lowest BCUT2D eigenvalue weighted by Crippen LogP contribution is -2.74. The summed E-state index contributed by atoms with van der Waals surface area (Å²) in [6.45, 7) is 9.48. The van der Waals surface area contributed by atoms with Gasteiger partial charge in [0.15, 0.2) is 0 Å². The molecule has 1 amide bonds. The van der Waals surface area contributed by atoms with Crippen LogP contribution in [0.2, 0.25) is 0 Å². The van der Waals surface area contributed by atoms with Gasteiger partial charge in [0.25, 0.3) is 16.0 Å². The predicted octanol–water partition coefficient (Wildman–Crippen LogP) is 8.23. The lowest BCUT2D eigenvalue weighted by Gasteiger charge is -2.63. The topological polar surface area (TPSA) is 116 Å². The second-order valence-corrected chi connectivity index (χ2v) is 15.2. The van der Waals surface area contributed by atoms with Crippen LogP contribution in [0.5, 0.6) is 5.75 Å². The minimum atomic E-state index is -4.70. The lowest BCUT2D eigenvalue weighted by molar-refractivity contribution is -0.164. The van der Waals surface area contributed by atoms with Crippen LogP contribution in [0.1, 0.15) is 96.8 Å². The Morgan fingerprint density at radius 1 is 0.979 bits per heavy atom. The van der Waals surface area contributed by atoms with E-state index in [1.54, 1.807) is 30.3 Å². The number of aryl methyl sites for hydroxylation is 2. The Kier molecular flexibility index (Phi) is 10.5. The summed E-state index contributed by atoms with van der Waals surface area (Å²) in [6.07, 6.45) is -1.92. The molecule has 1 unspecified atom stereocenters. The Bertz CT molecular complexity index is 1710. The van der Waals surface area contributed by atoms with Gasteiger partial charge in [0.05, 0.1) is 17.2 Å². The van der Waals surface area contributed by atoms with Crippen molar-refractivity contribution in [3.8, 4) is 11.8 Å². The van der Waals surface area contributed by atoms with E-state index in [1.807, 2.05) is 58.9 Å². The molecule has 1 aliphatic carbocycles. The van der Waals surface area contributed by atoms with Crippen molar-refractivity contribution in [1.29, 1.82) is 5.26 Å². The quantitative estimate of drug-likeness (QED) is 0.148. The average Bonchev–Trinajstić information content (AvgIpc) is 2.99. The van der Waals surface area contributed by atoms with Crippen molar-refractivity contribution in [2.75, 3.05) is 0 Å². The van der Waals surface area contributed by atoms with E-state index in [9.17, 15) is 30.9 Å². The molecule has 252 valence electrons. The Hall–Kier alpha value is -3.88. The molecule has 0 aliphatic heterocycles. The molecule has 1 saturated carbocycles. The zero-order valence-corrected chi connectivity index (χ0v) is 28.0. The third-order valence-electron chi connectivity index (χ3n) is 9.24. The number of nitrogens with one attached hydrogen (secondary N) is 1. The van der Waals surface area contributed by atoms with Gasteiger partial charge in [-0.1, -0.05) is 82.5 Å². The number of alkyl halides is 3. The average molecular weight is 671 g/mol. The Balaban J connectivity index is 1.30. The van der Waals surface area contributed by atoms with E-state index in [0.29, 0.717) is 24.0 Å². The van der Waals surface area contributed by atoms with Crippen LogP contribution < -0.4 is 10.1 Å². The second kappa shape index (κ2) is 13.7. The lowest BCUT2D eigenvalue weighted by atomic mass is 9.49. The van der Waals surface area contributed by atoms with Gasteiger partial charge in [-0.05, 0) is 67.6 Å². The number of amides is 1. The zero-order valence-electron chi connectivity index (χ0n) is 27.2. The summed E-state index contributed by atoms with van der Waals surface area (Å²) in [5, 5.41) is 11.2. The van der Waals surface area contributed by atoms with Crippen molar-refractivity contribution in [1.82, 2.24) is 5.32 Å². The monoisotopic (exact) mass is 670 g/mol. The standard InChI is InChI=1S/C36H41F3N2O5S/c1-23-11-15-25(16-12-23)30(47(43,44)45)10-8-6-7-9-24-13-17-26(18-14-24)31(42)41-32-34(2,3)33(35(32,4)5)46-28-20-19-27(22-40)29(21-28)36(37,38)39/h11-21,30,32-33H,6-10H2,1-5H3,(H,41,42)(H,43,44,45). The number of rotatable bonds is 12. The number of ether oxygens (including phenoxy) is 1. The van der Waals surface area contributed by atoms with E-state index in [4.69, 9.17) is 10.00 Å². The van der Waals surface area contributed by atoms with E-state index in [-0.39, 0.29) is 17.7 Å². The van der Waals surface area contributed by atoms with Crippen LogP contribution >= 0.6 is 0 Å². The molecule has 47 heavy (non-hydrogen) atoms. The number of unbranched alkanes of at least 4 members (excludes halogenated alkanes) is 2. The van der Waals surface area contributed by atoms with Gasteiger partial charge in [0.1, 0.15) is 17.1 Å². The SMILES string of the molecule is Cc1ccc(C(CCCCCc2ccc(C(=O)NC3C(C)(C)C(Oc4ccc(C#N)c(C(F)(F)F)c4)C3(C)C)cc2)S(=O)(=O)O)cc1. The third-order valence-corrected chi connectivity index (χ3v) is 10.5. The predicted molar refractivity (Wildman–Crippen MR) is 173 cm³/mol. The number of carbonyl (C=O) groups excluding carboxylic acids is 1. The van der Waals surface area contributed by atoms with Crippen molar-refractivity contribution in [3.05, 3.63) is 100 Å². The molecule has 3 aromatic carbocycles. The van der Waals surface area contributed by atoms with E-state index in [1.165, 1.54) is 6.07 Å². The van der Waals surface area contributed by atoms with Crippen LogP contribution in [-0.4, -0.2) is 31.0 Å². The van der Waals surface area contributed by atoms with Crippen molar-refractivity contribution >= 4 is 16.0 Å². The van der Waals surface area contributed by atoms with Crippen LogP contribution in [0, 0.1) is 29.1 Å². The molecular weight excluding hydrogens is 629 g/mol. The first-order valence-electron chi connectivity index (χ1n) is 15.6. The zero-order chi connectivity index (χ0) is 34.8. The highest BCUT2D eigenvalue weighted by Gasteiger charge is 2.64. The molecule has 0 aromatic heterocycles. The van der Waals surface area contributed by atoms with Crippen molar-refractivity contribution in [2.24, 2.45) is 10.8 Å². The van der Waals surface area contributed by atoms with E-state index < -0.39 is 49.6 Å². The molecule has 2 N–H and O–H groups in total. The van der Waals surface area contributed by atoms with Gasteiger partial charge in [-0.2, -0.15) is 26.9 Å². The molecule has 1 aliphatic rings. The fourth-order valence-electron chi connectivity index (χ4n) is 7.01. The van der Waals surface area contributed by atoms with Gasteiger partial charge in [0.2, 0.25) is 0 Å². The number of halogens is 3. The van der Waals surface area contributed by atoms with Crippen LogP contribution in [-0.2, 0) is 22.7 Å².